The minimum atomic E-state index is -0.877. The van der Waals surface area contributed by atoms with Gasteiger partial charge in [-0.05, 0) is 56.4 Å². The maximum Gasteiger partial charge on any atom is 0.183 e. The number of halogens is 1. The SMILES string of the molecule is [N-]=[N+]=NCc1cc(Cl)ccc1-c1nnnn1C(c1ccccc1)(c1ccccc1)c1ccccc1. The topological polar surface area (TPSA) is 92.4 Å². The highest BCUT2D eigenvalue weighted by atomic mass is 35.5. The summed E-state index contributed by atoms with van der Waals surface area (Å²) in [6.45, 7) is 0.119. The minimum absolute atomic E-state index is 0.119. The van der Waals surface area contributed by atoms with Crippen LogP contribution in [0.3, 0.4) is 0 Å². The lowest BCUT2D eigenvalue weighted by atomic mass is 9.77. The molecule has 0 saturated carbocycles. The zero-order chi connectivity index (χ0) is 24.1. The van der Waals surface area contributed by atoms with Crippen molar-refractivity contribution in [3.05, 3.63) is 147 Å². The Morgan fingerprint density at radius 2 is 1.34 bits per heavy atom. The second-order valence-electron chi connectivity index (χ2n) is 7.91. The normalized spacial score (nSPS) is 11.1. The predicted octanol–water partition coefficient (Wildman–Crippen LogP) is 6.64. The van der Waals surface area contributed by atoms with Gasteiger partial charge in [0.2, 0.25) is 0 Å². The van der Waals surface area contributed by atoms with Gasteiger partial charge in [-0.1, -0.05) is 108 Å². The average Bonchev–Trinajstić information content (AvgIpc) is 3.40. The number of azide groups is 1. The van der Waals surface area contributed by atoms with Crippen molar-refractivity contribution in [2.75, 3.05) is 0 Å². The summed E-state index contributed by atoms with van der Waals surface area (Å²) >= 11 is 6.28. The van der Waals surface area contributed by atoms with E-state index < -0.39 is 5.54 Å². The molecular formula is C27H20ClN7. The Morgan fingerprint density at radius 3 is 1.86 bits per heavy atom. The van der Waals surface area contributed by atoms with E-state index in [4.69, 9.17) is 17.1 Å². The van der Waals surface area contributed by atoms with Gasteiger partial charge < -0.3 is 0 Å². The molecule has 170 valence electrons. The summed E-state index contributed by atoms with van der Waals surface area (Å²) in [7, 11) is 0. The van der Waals surface area contributed by atoms with Crippen molar-refractivity contribution in [1.82, 2.24) is 20.2 Å². The molecule has 7 nitrogen and oxygen atoms in total. The Morgan fingerprint density at radius 1 is 0.800 bits per heavy atom. The molecule has 0 N–H and O–H groups in total. The fourth-order valence-corrected chi connectivity index (χ4v) is 4.70. The third kappa shape index (κ3) is 4.04. The maximum atomic E-state index is 8.93. The standard InChI is InChI=1S/C27H20ClN7/c28-24-16-17-25(20(18-24)19-30-32-29)26-31-33-34-35(26)27(21-10-4-1-5-11-21,22-12-6-2-7-13-22)23-14-8-3-9-15-23/h1-18H,19H2. The van der Waals surface area contributed by atoms with Crippen LogP contribution in [0, 0.1) is 0 Å². The van der Waals surface area contributed by atoms with E-state index in [1.807, 2.05) is 65.3 Å². The lowest BCUT2D eigenvalue weighted by Gasteiger charge is -2.36. The van der Waals surface area contributed by atoms with Gasteiger partial charge in [0.15, 0.2) is 5.82 Å². The number of benzene rings is 4. The van der Waals surface area contributed by atoms with Crippen molar-refractivity contribution < 1.29 is 0 Å². The molecule has 0 aliphatic heterocycles. The van der Waals surface area contributed by atoms with Crippen LogP contribution in [-0.2, 0) is 12.1 Å². The van der Waals surface area contributed by atoms with E-state index in [9.17, 15) is 0 Å². The third-order valence-corrected chi connectivity index (χ3v) is 6.21. The summed E-state index contributed by atoms with van der Waals surface area (Å²) in [5, 5.41) is 17.4. The van der Waals surface area contributed by atoms with E-state index in [2.05, 4.69) is 61.9 Å². The summed E-state index contributed by atoms with van der Waals surface area (Å²) in [6, 6.07) is 35.9. The number of nitrogens with zero attached hydrogens (tertiary/aromatic N) is 7. The molecule has 0 fully saturated rings. The van der Waals surface area contributed by atoms with Crippen LogP contribution in [0.4, 0.5) is 0 Å². The Bertz CT molecular complexity index is 1380. The molecule has 1 aromatic heterocycles. The van der Waals surface area contributed by atoms with E-state index in [1.54, 1.807) is 12.1 Å². The summed E-state index contributed by atoms with van der Waals surface area (Å²) in [6.07, 6.45) is 0. The second kappa shape index (κ2) is 9.81. The number of tetrazole rings is 1. The van der Waals surface area contributed by atoms with E-state index in [0.717, 1.165) is 27.8 Å². The summed E-state index contributed by atoms with van der Waals surface area (Å²) < 4.78 is 1.84. The van der Waals surface area contributed by atoms with Gasteiger partial charge in [0.25, 0.3) is 0 Å². The van der Waals surface area contributed by atoms with Crippen LogP contribution in [0.5, 0.6) is 0 Å². The molecule has 0 unspecified atom stereocenters. The highest BCUT2D eigenvalue weighted by molar-refractivity contribution is 6.30. The van der Waals surface area contributed by atoms with Crippen molar-refractivity contribution in [3.63, 3.8) is 0 Å². The lowest BCUT2D eigenvalue weighted by molar-refractivity contribution is 0.451. The lowest BCUT2D eigenvalue weighted by Crippen LogP contribution is -2.39. The molecule has 0 spiro atoms. The third-order valence-electron chi connectivity index (χ3n) is 5.97. The van der Waals surface area contributed by atoms with Crippen molar-refractivity contribution in [2.45, 2.75) is 12.1 Å². The molecule has 0 atom stereocenters. The fourth-order valence-electron chi connectivity index (χ4n) is 4.50. The van der Waals surface area contributed by atoms with Crippen LogP contribution < -0.4 is 0 Å². The van der Waals surface area contributed by atoms with Crippen molar-refractivity contribution in [2.24, 2.45) is 5.11 Å². The van der Waals surface area contributed by atoms with Crippen molar-refractivity contribution in [3.8, 4) is 11.4 Å². The van der Waals surface area contributed by atoms with E-state index in [-0.39, 0.29) is 6.54 Å². The van der Waals surface area contributed by atoms with E-state index in [1.165, 1.54) is 0 Å². The molecule has 0 aliphatic rings. The highest BCUT2D eigenvalue weighted by Gasteiger charge is 2.42. The fraction of sp³-hybridized carbons (Fsp3) is 0.0741. The zero-order valence-electron chi connectivity index (χ0n) is 18.6. The number of aromatic nitrogens is 4. The van der Waals surface area contributed by atoms with Crippen LogP contribution in [0.15, 0.2) is 114 Å². The van der Waals surface area contributed by atoms with E-state index in [0.29, 0.717) is 10.8 Å². The molecule has 35 heavy (non-hydrogen) atoms. The van der Waals surface area contributed by atoms with Crippen LogP contribution >= 0.6 is 11.6 Å². The van der Waals surface area contributed by atoms with Crippen molar-refractivity contribution in [1.29, 1.82) is 0 Å². The molecule has 1 heterocycles. The quantitative estimate of drug-likeness (QED) is 0.114. The molecule has 4 aromatic carbocycles. The average molecular weight is 478 g/mol. The minimum Gasteiger partial charge on any atom is -0.205 e. The van der Waals surface area contributed by atoms with Crippen LogP contribution in [0.25, 0.3) is 21.8 Å². The zero-order valence-corrected chi connectivity index (χ0v) is 19.4. The Hall–Kier alpha value is -4.45. The second-order valence-corrected chi connectivity index (χ2v) is 8.35. The molecular weight excluding hydrogens is 458 g/mol. The van der Waals surface area contributed by atoms with Crippen molar-refractivity contribution >= 4 is 11.6 Å². The maximum absolute atomic E-state index is 8.93. The number of rotatable bonds is 7. The number of hydrogen-bond acceptors (Lipinski definition) is 4. The van der Waals surface area contributed by atoms with Gasteiger partial charge >= 0.3 is 0 Å². The molecule has 0 radical (unpaired) electrons. The Balaban J connectivity index is 1.88. The van der Waals surface area contributed by atoms with Crippen LogP contribution in [0.2, 0.25) is 5.02 Å². The van der Waals surface area contributed by atoms with Gasteiger partial charge in [0.05, 0.1) is 6.54 Å². The first kappa shape index (κ1) is 22.3. The monoisotopic (exact) mass is 477 g/mol. The summed E-state index contributed by atoms with van der Waals surface area (Å²) in [5.74, 6) is 0.529. The van der Waals surface area contributed by atoms with E-state index >= 15 is 0 Å². The molecule has 5 rings (SSSR count). The first-order chi connectivity index (χ1) is 17.2. The summed E-state index contributed by atoms with van der Waals surface area (Å²) in [5.41, 5.74) is 12.5. The molecule has 0 amide bonds. The largest absolute Gasteiger partial charge is 0.205 e. The Kier molecular flexibility index (Phi) is 6.26. The molecule has 0 saturated heterocycles. The number of hydrogen-bond donors (Lipinski definition) is 0. The molecule has 8 heteroatoms. The summed E-state index contributed by atoms with van der Waals surface area (Å²) in [4.78, 5) is 2.92. The van der Waals surface area contributed by atoms with Gasteiger partial charge in [0.1, 0.15) is 5.54 Å². The smallest absolute Gasteiger partial charge is 0.183 e. The molecule has 0 bridgehead atoms. The van der Waals surface area contributed by atoms with Gasteiger partial charge in [-0.25, -0.2) is 4.68 Å². The first-order valence-corrected chi connectivity index (χ1v) is 11.4. The van der Waals surface area contributed by atoms with Gasteiger partial charge in [-0.15, -0.1) is 5.10 Å². The first-order valence-electron chi connectivity index (χ1n) is 11.0. The Labute approximate surface area is 207 Å². The van der Waals surface area contributed by atoms with Gasteiger partial charge in [0, 0.05) is 15.5 Å². The van der Waals surface area contributed by atoms with Gasteiger partial charge in [-0.3, -0.25) is 0 Å². The molecule has 5 aromatic rings. The van der Waals surface area contributed by atoms with Gasteiger partial charge in [-0.2, -0.15) is 0 Å². The molecule has 0 aliphatic carbocycles. The van der Waals surface area contributed by atoms with Crippen LogP contribution in [-0.4, -0.2) is 20.2 Å². The predicted molar refractivity (Wildman–Crippen MR) is 136 cm³/mol. The highest BCUT2D eigenvalue weighted by Crippen LogP contribution is 2.42. The van der Waals surface area contributed by atoms with Crippen LogP contribution in [0.1, 0.15) is 22.3 Å².